The molecule has 5 nitrogen and oxygen atoms in total. The van der Waals surface area contributed by atoms with E-state index in [-0.39, 0.29) is 0 Å². The number of nitrogens with zero attached hydrogens (tertiary/aromatic N) is 3. The molecule has 0 amide bonds. The van der Waals surface area contributed by atoms with Crippen molar-refractivity contribution in [1.82, 2.24) is 14.5 Å². The van der Waals surface area contributed by atoms with Crippen LogP contribution in [-0.4, -0.2) is 34.8 Å². The van der Waals surface area contributed by atoms with Crippen molar-refractivity contribution in [3.8, 4) is 0 Å². The van der Waals surface area contributed by atoms with Crippen molar-refractivity contribution in [2.24, 2.45) is 0 Å². The van der Waals surface area contributed by atoms with E-state index in [4.69, 9.17) is 4.74 Å². The largest absolute Gasteiger partial charge is 0.385 e. The van der Waals surface area contributed by atoms with Crippen LogP contribution in [0.3, 0.4) is 0 Å². The Morgan fingerprint density at radius 1 is 1.35 bits per heavy atom. The molecule has 0 radical (unpaired) electrons. The Morgan fingerprint density at radius 2 is 2.20 bits per heavy atom. The Morgan fingerprint density at radius 3 is 2.95 bits per heavy atom. The number of imidazole rings is 1. The number of aromatic nitrogens is 3. The third-order valence-corrected chi connectivity index (χ3v) is 3.18. The third-order valence-electron chi connectivity index (χ3n) is 3.18. The molecule has 0 aliphatic heterocycles. The van der Waals surface area contributed by atoms with Crippen LogP contribution >= 0.6 is 0 Å². The zero-order chi connectivity index (χ0) is 14.4. The minimum Gasteiger partial charge on any atom is -0.385 e. The fourth-order valence-corrected chi connectivity index (χ4v) is 2.09. The van der Waals surface area contributed by atoms with E-state index in [1.807, 2.05) is 19.3 Å². The molecule has 108 valence electrons. The smallest absolute Gasteiger partial charge is 0.203 e. The quantitative estimate of drug-likeness (QED) is 0.788. The topological polar surface area (TPSA) is 52.0 Å². The van der Waals surface area contributed by atoms with Gasteiger partial charge in [0, 0.05) is 38.9 Å². The van der Waals surface area contributed by atoms with E-state index in [0.29, 0.717) is 0 Å². The zero-order valence-electron chi connectivity index (χ0n) is 12.4. The van der Waals surface area contributed by atoms with Gasteiger partial charge in [0.1, 0.15) is 0 Å². The van der Waals surface area contributed by atoms with Crippen LogP contribution in [0.25, 0.3) is 0 Å². The summed E-state index contributed by atoms with van der Waals surface area (Å²) in [6.45, 7) is 6.52. The van der Waals surface area contributed by atoms with Gasteiger partial charge in [-0.1, -0.05) is 0 Å². The molecule has 0 atom stereocenters. The Labute approximate surface area is 120 Å². The molecule has 20 heavy (non-hydrogen) atoms. The first kappa shape index (κ1) is 14.5. The van der Waals surface area contributed by atoms with Gasteiger partial charge in [-0.2, -0.15) is 0 Å². The SMILES string of the molecule is COCCCNc1nc(C)cn1Cc1ccncc1C. The van der Waals surface area contributed by atoms with Crippen LogP contribution in [0.1, 0.15) is 23.2 Å². The van der Waals surface area contributed by atoms with Crippen molar-refractivity contribution in [3.05, 3.63) is 41.5 Å². The molecule has 0 aromatic carbocycles. The maximum atomic E-state index is 5.05. The molecule has 0 saturated heterocycles. The summed E-state index contributed by atoms with van der Waals surface area (Å²) >= 11 is 0. The summed E-state index contributed by atoms with van der Waals surface area (Å²) in [6, 6.07) is 2.05. The molecule has 0 unspecified atom stereocenters. The van der Waals surface area contributed by atoms with Gasteiger partial charge in [0.05, 0.1) is 12.2 Å². The van der Waals surface area contributed by atoms with Gasteiger partial charge in [-0.05, 0) is 37.5 Å². The Hall–Kier alpha value is -1.88. The first-order chi connectivity index (χ1) is 9.70. The maximum absolute atomic E-state index is 5.05. The van der Waals surface area contributed by atoms with Crippen LogP contribution in [0.4, 0.5) is 5.95 Å². The summed E-state index contributed by atoms with van der Waals surface area (Å²) in [7, 11) is 1.72. The second-order valence-corrected chi connectivity index (χ2v) is 4.91. The molecule has 0 aliphatic carbocycles. The number of pyridine rings is 1. The highest BCUT2D eigenvalue weighted by Crippen LogP contribution is 2.14. The van der Waals surface area contributed by atoms with Gasteiger partial charge in [-0.3, -0.25) is 4.98 Å². The first-order valence-corrected chi connectivity index (χ1v) is 6.87. The zero-order valence-corrected chi connectivity index (χ0v) is 12.4. The molecular formula is C15H22N4O. The maximum Gasteiger partial charge on any atom is 0.203 e. The number of hydrogen-bond donors (Lipinski definition) is 1. The monoisotopic (exact) mass is 274 g/mol. The molecule has 5 heteroatoms. The van der Waals surface area contributed by atoms with Crippen LogP contribution in [0.5, 0.6) is 0 Å². The van der Waals surface area contributed by atoms with E-state index in [0.717, 1.165) is 37.8 Å². The normalized spacial score (nSPS) is 10.8. The van der Waals surface area contributed by atoms with E-state index in [1.54, 1.807) is 7.11 Å². The van der Waals surface area contributed by atoms with Gasteiger partial charge in [0.25, 0.3) is 0 Å². The predicted molar refractivity (Wildman–Crippen MR) is 80.0 cm³/mol. The van der Waals surface area contributed by atoms with Crippen molar-refractivity contribution < 1.29 is 4.74 Å². The highest BCUT2D eigenvalue weighted by Gasteiger charge is 2.07. The van der Waals surface area contributed by atoms with Crippen LogP contribution in [0.2, 0.25) is 0 Å². The molecule has 2 heterocycles. The lowest BCUT2D eigenvalue weighted by Crippen LogP contribution is -2.11. The lowest BCUT2D eigenvalue weighted by molar-refractivity contribution is 0.197. The number of methoxy groups -OCH3 is 1. The molecule has 0 saturated carbocycles. The van der Waals surface area contributed by atoms with Crippen LogP contribution < -0.4 is 5.32 Å². The average Bonchev–Trinajstić information content (AvgIpc) is 2.78. The molecule has 2 aromatic heterocycles. The summed E-state index contributed by atoms with van der Waals surface area (Å²) in [5.41, 5.74) is 3.48. The van der Waals surface area contributed by atoms with E-state index >= 15 is 0 Å². The lowest BCUT2D eigenvalue weighted by Gasteiger charge is -2.11. The van der Waals surface area contributed by atoms with Crippen LogP contribution in [-0.2, 0) is 11.3 Å². The predicted octanol–water partition coefficient (Wildman–Crippen LogP) is 2.39. The van der Waals surface area contributed by atoms with Gasteiger partial charge < -0.3 is 14.6 Å². The molecule has 0 spiro atoms. The summed E-state index contributed by atoms with van der Waals surface area (Å²) in [5, 5.41) is 3.36. The fourth-order valence-electron chi connectivity index (χ4n) is 2.09. The summed E-state index contributed by atoms with van der Waals surface area (Å²) in [5.74, 6) is 0.912. The number of anilines is 1. The second-order valence-electron chi connectivity index (χ2n) is 4.91. The first-order valence-electron chi connectivity index (χ1n) is 6.87. The lowest BCUT2D eigenvalue weighted by atomic mass is 10.1. The number of nitrogens with one attached hydrogen (secondary N) is 1. The average molecular weight is 274 g/mol. The van der Waals surface area contributed by atoms with Gasteiger partial charge in [-0.25, -0.2) is 4.98 Å². The van der Waals surface area contributed by atoms with E-state index in [2.05, 4.69) is 39.0 Å². The fraction of sp³-hybridized carbons (Fsp3) is 0.467. The van der Waals surface area contributed by atoms with E-state index < -0.39 is 0 Å². The Balaban J connectivity index is 2.06. The van der Waals surface area contributed by atoms with Crippen molar-refractivity contribution in [2.75, 3.05) is 25.6 Å². The van der Waals surface area contributed by atoms with Crippen LogP contribution in [0, 0.1) is 13.8 Å². The molecule has 0 fully saturated rings. The molecule has 2 aromatic rings. The van der Waals surface area contributed by atoms with Crippen molar-refractivity contribution in [1.29, 1.82) is 0 Å². The number of aryl methyl sites for hydroxylation is 2. The summed E-state index contributed by atoms with van der Waals surface area (Å²) < 4.78 is 7.20. The summed E-state index contributed by atoms with van der Waals surface area (Å²) in [4.78, 5) is 8.66. The number of hydrogen-bond acceptors (Lipinski definition) is 4. The highest BCUT2D eigenvalue weighted by atomic mass is 16.5. The molecule has 0 aliphatic rings. The Bertz CT molecular complexity index is 551. The summed E-state index contributed by atoms with van der Waals surface area (Å²) in [6.07, 6.45) is 6.76. The van der Waals surface area contributed by atoms with Gasteiger partial charge in [0.2, 0.25) is 5.95 Å². The minimum atomic E-state index is 0.760. The molecule has 2 rings (SSSR count). The van der Waals surface area contributed by atoms with E-state index in [9.17, 15) is 0 Å². The minimum absolute atomic E-state index is 0.760. The third kappa shape index (κ3) is 3.81. The molecular weight excluding hydrogens is 252 g/mol. The van der Waals surface area contributed by atoms with Crippen molar-refractivity contribution >= 4 is 5.95 Å². The van der Waals surface area contributed by atoms with Crippen molar-refractivity contribution in [2.45, 2.75) is 26.8 Å². The Kier molecular flexibility index (Phi) is 5.12. The van der Waals surface area contributed by atoms with E-state index in [1.165, 1.54) is 11.1 Å². The van der Waals surface area contributed by atoms with Gasteiger partial charge in [-0.15, -0.1) is 0 Å². The standard InChI is InChI=1S/C15H22N4O/c1-12-9-16-7-5-14(12)11-19-10-13(2)18-15(19)17-6-4-8-20-3/h5,7,9-10H,4,6,8,11H2,1-3H3,(H,17,18). The van der Waals surface area contributed by atoms with Gasteiger partial charge >= 0.3 is 0 Å². The van der Waals surface area contributed by atoms with Crippen LogP contribution in [0.15, 0.2) is 24.7 Å². The van der Waals surface area contributed by atoms with Gasteiger partial charge in [0.15, 0.2) is 0 Å². The number of rotatable bonds is 7. The number of ether oxygens (including phenoxy) is 1. The second kappa shape index (κ2) is 7.05. The highest BCUT2D eigenvalue weighted by molar-refractivity contribution is 5.31. The molecule has 0 bridgehead atoms. The van der Waals surface area contributed by atoms with Crippen molar-refractivity contribution in [3.63, 3.8) is 0 Å². The molecule has 1 N–H and O–H groups in total.